The zero-order valence-corrected chi connectivity index (χ0v) is 6.35. The van der Waals surface area contributed by atoms with Crippen LogP contribution in [-0.2, 0) is 0 Å². The van der Waals surface area contributed by atoms with Crippen LogP contribution in [-0.4, -0.2) is 18.0 Å². The molecule has 1 fully saturated rings. The van der Waals surface area contributed by atoms with Crippen molar-refractivity contribution in [1.29, 1.82) is 0 Å². The molecule has 52 valence electrons. The summed E-state index contributed by atoms with van der Waals surface area (Å²) in [4.78, 5) is 2.42. The second kappa shape index (κ2) is 2.90. The molecule has 1 saturated heterocycles. The van der Waals surface area contributed by atoms with E-state index in [1.807, 2.05) is 0 Å². The zero-order valence-electron chi connectivity index (χ0n) is 6.35. The van der Waals surface area contributed by atoms with E-state index in [0.29, 0.717) is 0 Å². The SMILES string of the molecule is CCC=C1CCN1CC. The van der Waals surface area contributed by atoms with E-state index in [4.69, 9.17) is 0 Å². The summed E-state index contributed by atoms with van der Waals surface area (Å²) in [7, 11) is 0. The molecule has 9 heavy (non-hydrogen) atoms. The zero-order chi connectivity index (χ0) is 6.69. The molecule has 1 nitrogen and oxygen atoms in total. The predicted molar refractivity (Wildman–Crippen MR) is 40.2 cm³/mol. The van der Waals surface area contributed by atoms with E-state index in [-0.39, 0.29) is 0 Å². The number of rotatable bonds is 2. The first-order valence-electron chi connectivity index (χ1n) is 3.82. The molecule has 0 aliphatic carbocycles. The summed E-state index contributed by atoms with van der Waals surface area (Å²) in [5.41, 5.74) is 1.56. The minimum atomic E-state index is 1.19. The van der Waals surface area contributed by atoms with Crippen molar-refractivity contribution in [2.75, 3.05) is 13.1 Å². The third kappa shape index (κ3) is 1.26. The molecule has 1 rings (SSSR count). The average Bonchev–Trinajstić information content (AvgIpc) is 1.82. The fourth-order valence-electron chi connectivity index (χ4n) is 1.23. The van der Waals surface area contributed by atoms with Crippen LogP contribution in [0.5, 0.6) is 0 Å². The number of likely N-dealkylation sites (tertiary alicyclic amines) is 1. The van der Waals surface area contributed by atoms with E-state index < -0.39 is 0 Å². The highest BCUT2D eigenvalue weighted by molar-refractivity contribution is 5.08. The van der Waals surface area contributed by atoms with E-state index in [1.54, 1.807) is 5.70 Å². The summed E-state index contributed by atoms with van der Waals surface area (Å²) >= 11 is 0. The molecular weight excluding hydrogens is 110 g/mol. The fourth-order valence-corrected chi connectivity index (χ4v) is 1.23. The van der Waals surface area contributed by atoms with Gasteiger partial charge < -0.3 is 4.90 Å². The Balaban J connectivity index is 2.35. The van der Waals surface area contributed by atoms with Crippen molar-refractivity contribution >= 4 is 0 Å². The molecule has 1 aliphatic rings. The Morgan fingerprint density at radius 1 is 1.56 bits per heavy atom. The highest BCUT2D eigenvalue weighted by Crippen LogP contribution is 2.20. The van der Waals surface area contributed by atoms with Crippen LogP contribution in [0.15, 0.2) is 11.8 Å². The van der Waals surface area contributed by atoms with Crippen LogP contribution >= 0.6 is 0 Å². The van der Waals surface area contributed by atoms with Crippen LogP contribution in [0, 0.1) is 0 Å². The summed E-state index contributed by atoms with van der Waals surface area (Å²) < 4.78 is 0. The summed E-state index contributed by atoms with van der Waals surface area (Å²) in [5.74, 6) is 0. The largest absolute Gasteiger partial charge is 0.375 e. The van der Waals surface area contributed by atoms with E-state index in [9.17, 15) is 0 Å². The molecule has 1 heteroatoms. The monoisotopic (exact) mass is 125 g/mol. The fraction of sp³-hybridized carbons (Fsp3) is 0.750. The molecular formula is C8H15N. The van der Waals surface area contributed by atoms with Gasteiger partial charge in [-0.25, -0.2) is 0 Å². The summed E-state index contributed by atoms with van der Waals surface area (Å²) in [6.45, 7) is 6.87. The standard InChI is InChI=1S/C8H15N/c1-3-5-8-6-7-9(8)4-2/h5H,3-4,6-7H2,1-2H3. The van der Waals surface area contributed by atoms with E-state index in [1.165, 1.54) is 25.9 Å². The third-order valence-corrected chi connectivity index (χ3v) is 1.87. The first-order valence-corrected chi connectivity index (χ1v) is 3.82. The molecule has 0 radical (unpaired) electrons. The molecule has 0 atom stereocenters. The van der Waals surface area contributed by atoms with Gasteiger partial charge in [-0.05, 0) is 13.3 Å². The number of nitrogens with zero attached hydrogens (tertiary/aromatic N) is 1. The minimum Gasteiger partial charge on any atom is -0.375 e. The number of hydrogen-bond donors (Lipinski definition) is 0. The molecule has 0 amide bonds. The maximum atomic E-state index is 2.42. The van der Waals surface area contributed by atoms with Gasteiger partial charge in [0, 0.05) is 25.2 Å². The van der Waals surface area contributed by atoms with Crippen LogP contribution in [0.25, 0.3) is 0 Å². The quantitative estimate of drug-likeness (QED) is 0.545. The lowest BCUT2D eigenvalue weighted by Crippen LogP contribution is -2.34. The molecule has 0 unspecified atom stereocenters. The molecule has 0 saturated carbocycles. The van der Waals surface area contributed by atoms with Crippen LogP contribution in [0.3, 0.4) is 0 Å². The molecule has 0 bridgehead atoms. The van der Waals surface area contributed by atoms with Gasteiger partial charge in [-0.1, -0.05) is 13.0 Å². The summed E-state index contributed by atoms with van der Waals surface area (Å²) in [5, 5.41) is 0. The maximum Gasteiger partial charge on any atom is 0.0229 e. The minimum absolute atomic E-state index is 1.19. The summed E-state index contributed by atoms with van der Waals surface area (Å²) in [6, 6.07) is 0. The molecule has 0 aromatic rings. The van der Waals surface area contributed by atoms with Gasteiger partial charge in [0.25, 0.3) is 0 Å². The average molecular weight is 125 g/mol. The molecule has 1 aliphatic heterocycles. The van der Waals surface area contributed by atoms with Gasteiger partial charge in [0.1, 0.15) is 0 Å². The number of hydrogen-bond acceptors (Lipinski definition) is 1. The van der Waals surface area contributed by atoms with Crippen molar-refractivity contribution in [1.82, 2.24) is 4.90 Å². The maximum absolute atomic E-state index is 2.42. The molecule has 0 aromatic heterocycles. The van der Waals surface area contributed by atoms with E-state index in [0.717, 1.165) is 0 Å². The van der Waals surface area contributed by atoms with Crippen LogP contribution < -0.4 is 0 Å². The lowest BCUT2D eigenvalue weighted by Gasteiger charge is -2.35. The molecule has 1 heterocycles. The van der Waals surface area contributed by atoms with Crippen molar-refractivity contribution in [2.45, 2.75) is 26.7 Å². The Hall–Kier alpha value is -0.460. The Labute approximate surface area is 57.4 Å². The Morgan fingerprint density at radius 3 is 2.67 bits per heavy atom. The topological polar surface area (TPSA) is 3.24 Å². The van der Waals surface area contributed by atoms with Crippen molar-refractivity contribution in [3.8, 4) is 0 Å². The van der Waals surface area contributed by atoms with Gasteiger partial charge in [-0.15, -0.1) is 0 Å². The summed E-state index contributed by atoms with van der Waals surface area (Å²) in [6.07, 6.45) is 4.82. The lowest BCUT2D eigenvalue weighted by atomic mass is 10.1. The predicted octanol–water partition coefficient (Wildman–Crippen LogP) is 2.01. The van der Waals surface area contributed by atoms with Crippen molar-refractivity contribution < 1.29 is 0 Å². The van der Waals surface area contributed by atoms with Gasteiger partial charge in [-0.2, -0.15) is 0 Å². The van der Waals surface area contributed by atoms with Crippen LogP contribution in [0.4, 0.5) is 0 Å². The van der Waals surface area contributed by atoms with Gasteiger partial charge >= 0.3 is 0 Å². The second-order valence-corrected chi connectivity index (χ2v) is 2.43. The van der Waals surface area contributed by atoms with Crippen LogP contribution in [0.2, 0.25) is 0 Å². The smallest absolute Gasteiger partial charge is 0.0229 e. The first-order chi connectivity index (χ1) is 4.38. The third-order valence-electron chi connectivity index (χ3n) is 1.87. The normalized spacial score (nSPS) is 22.4. The Bertz CT molecular complexity index is 114. The lowest BCUT2D eigenvalue weighted by molar-refractivity contribution is 0.268. The van der Waals surface area contributed by atoms with Gasteiger partial charge in [-0.3, -0.25) is 0 Å². The van der Waals surface area contributed by atoms with Crippen molar-refractivity contribution in [2.24, 2.45) is 0 Å². The Kier molecular flexibility index (Phi) is 2.15. The van der Waals surface area contributed by atoms with Gasteiger partial charge in [0.15, 0.2) is 0 Å². The van der Waals surface area contributed by atoms with Crippen molar-refractivity contribution in [3.63, 3.8) is 0 Å². The molecule has 0 N–H and O–H groups in total. The highest BCUT2D eigenvalue weighted by Gasteiger charge is 2.15. The van der Waals surface area contributed by atoms with Gasteiger partial charge in [0.2, 0.25) is 0 Å². The highest BCUT2D eigenvalue weighted by atomic mass is 15.2. The van der Waals surface area contributed by atoms with Crippen LogP contribution in [0.1, 0.15) is 26.7 Å². The van der Waals surface area contributed by atoms with Crippen molar-refractivity contribution in [3.05, 3.63) is 11.8 Å². The second-order valence-electron chi connectivity index (χ2n) is 2.43. The molecule has 0 aromatic carbocycles. The van der Waals surface area contributed by atoms with E-state index >= 15 is 0 Å². The van der Waals surface area contributed by atoms with E-state index in [2.05, 4.69) is 24.8 Å². The molecule has 0 spiro atoms. The first kappa shape index (κ1) is 6.66. The van der Waals surface area contributed by atoms with Gasteiger partial charge in [0.05, 0.1) is 0 Å². The Morgan fingerprint density at radius 2 is 2.33 bits per heavy atom. The number of allylic oxidation sites excluding steroid dienone is 1.